The number of aliphatic hydroxyl groups is 1. The van der Waals surface area contributed by atoms with Gasteiger partial charge in [-0.25, -0.2) is 9.13 Å². The van der Waals surface area contributed by atoms with Crippen LogP contribution in [-0.4, -0.2) is 96.7 Å². The molecule has 2 unspecified atom stereocenters. The highest BCUT2D eigenvalue weighted by atomic mass is 31.2. The largest absolute Gasteiger partial charge is 0.472 e. The van der Waals surface area contributed by atoms with E-state index in [1.54, 1.807) is 0 Å². The van der Waals surface area contributed by atoms with Gasteiger partial charge >= 0.3 is 39.5 Å². The Bertz CT molecular complexity index is 1910. The van der Waals surface area contributed by atoms with Crippen LogP contribution in [0.5, 0.6) is 0 Å². The van der Waals surface area contributed by atoms with Crippen molar-refractivity contribution in [3.8, 4) is 0 Å². The van der Waals surface area contributed by atoms with Crippen molar-refractivity contribution in [3.63, 3.8) is 0 Å². The first-order valence-electron chi connectivity index (χ1n) is 41.5. The van der Waals surface area contributed by atoms with Crippen molar-refractivity contribution in [3.05, 3.63) is 0 Å². The number of phosphoric ester groups is 2. The average molecular weight is 1450 g/mol. The summed E-state index contributed by atoms with van der Waals surface area (Å²) < 4.78 is 68.7. The quantitative estimate of drug-likeness (QED) is 0.0222. The number of hydrogen-bond acceptors (Lipinski definition) is 15. The third-order valence-electron chi connectivity index (χ3n) is 18.7. The van der Waals surface area contributed by atoms with Crippen LogP contribution in [-0.2, 0) is 65.4 Å². The minimum atomic E-state index is -4.96. The van der Waals surface area contributed by atoms with E-state index < -0.39 is 97.5 Å². The highest BCUT2D eigenvalue weighted by molar-refractivity contribution is 7.47. The number of carbonyl (C=O) groups excluding carboxylic acids is 4. The summed E-state index contributed by atoms with van der Waals surface area (Å²) in [6.07, 6.45) is 61.0. The lowest BCUT2D eigenvalue weighted by atomic mass is 10.0. The van der Waals surface area contributed by atoms with Crippen molar-refractivity contribution in [2.24, 2.45) is 11.8 Å². The lowest BCUT2D eigenvalue weighted by Crippen LogP contribution is -2.30. The number of carbonyl (C=O) groups is 4. The number of hydrogen-bond donors (Lipinski definition) is 3. The molecular weight excluding hydrogens is 1290 g/mol. The molecule has 0 heterocycles. The summed E-state index contributed by atoms with van der Waals surface area (Å²) in [6, 6.07) is 0. The molecule has 19 heteroatoms. The van der Waals surface area contributed by atoms with Crippen molar-refractivity contribution in [1.82, 2.24) is 0 Å². The average Bonchev–Trinajstić information content (AvgIpc) is 0.965. The van der Waals surface area contributed by atoms with Crippen LogP contribution < -0.4 is 0 Å². The van der Waals surface area contributed by atoms with E-state index in [2.05, 4.69) is 41.5 Å². The zero-order chi connectivity index (χ0) is 72.8. The Morgan fingerprint density at radius 3 is 0.687 bits per heavy atom. The molecule has 0 saturated carbocycles. The van der Waals surface area contributed by atoms with Crippen LogP contribution in [0.25, 0.3) is 0 Å². The van der Waals surface area contributed by atoms with Crippen LogP contribution in [0.15, 0.2) is 0 Å². The fourth-order valence-electron chi connectivity index (χ4n) is 12.4. The molecule has 0 spiro atoms. The van der Waals surface area contributed by atoms with E-state index >= 15 is 0 Å². The standard InChI is InChI=1S/C80H156O17P2/c1-7-9-11-13-15-17-19-21-23-24-25-30-33-37-44-50-56-62-77(82)90-68-75(96-80(85)65-59-53-47-39-35-31-27-26-28-32-36-42-48-54-60-72(3)4)70-94-98(86,87)92-66-74(81)67-93-99(88,89)95-71-76(69-91-78(83)63-57-51-45-41-40-43-49-55-61-73(5)6)97-79(84)64-58-52-46-38-34-29-22-20-18-16-14-12-10-8-2/h72-76,81H,7-71H2,1-6H3,(H,86,87)(H,88,89)/t74-,75-,76-/m1/s1. The molecule has 588 valence electrons. The Morgan fingerprint density at radius 1 is 0.273 bits per heavy atom. The topological polar surface area (TPSA) is 237 Å². The third kappa shape index (κ3) is 74.1. The first-order chi connectivity index (χ1) is 47.9. The Labute approximate surface area is 607 Å². The van der Waals surface area contributed by atoms with Gasteiger partial charge in [0, 0.05) is 25.7 Å². The lowest BCUT2D eigenvalue weighted by Gasteiger charge is -2.21. The summed E-state index contributed by atoms with van der Waals surface area (Å²) in [6.45, 7) is 9.62. The molecule has 17 nitrogen and oxygen atoms in total. The van der Waals surface area contributed by atoms with Crippen molar-refractivity contribution in [1.29, 1.82) is 0 Å². The molecule has 0 aliphatic rings. The normalized spacial score (nSPS) is 13.9. The van der Waals surface area contributed by atoms with Gasteiger partial charge in [0.1, 0.15) is 19.3 Å². The Hall–Kier alpha value is -1.94. The number of esters is 4. The lowest BCUT2D eigenvalue weighted by molar-refractivity contribution is -0.161. The second-order valence-electron chi connectivity index (χ2n) is 29.8. The summed E-state index contributed by atoms with van der Waals surface area (Å²) in [4.78, 5) is 73.0. The summed E-state index contributed by atoms with van der Waals surface area (Å²) >= 11 is 0. The molecule has 0 saturated heterocycles. The van der Waals surface area contributed by atoms with Crippen molar-refractivity contribution in [2.75, 3.05) is 39.6 Å². The number of aliphatic hydroxyl groups excluding tert-OH is 1. The molecule has 3 N–H and O–H groups in total. The third-order valence-corrected chi connectivity index (χ3v) is 20.6. The summed E-state index contributed by atoms with van der Waals surface area (Å²) in [5.41, 5.74) is 0. The van der Waals surface area contributed by atoms with Crippen LogP contribution in [0.1, 0.15) is 420 Å². The molecule has 99 heavy (non-hydrogen) atoms. The maximum atomic E-state index is 13.1. The molecule has 0 aromatic carbocycles. The molecule has 0 aromatic heterocycles. The summed E-state index contributed by atoms with van der Waals surface area (Å²) in [7, 11) is -9.92. The van der Waals surface area contributed by atoms with Crippen LogP contribution in [0.3, 0.4) is 0 Å². The van der Waals surface area contributed by atoms with Crippen molar-refractivity contribution >= 4 is 39.5 Å². The van der Waals surface area contributed by atoms with E-state index in [-0.39, 0.29) is 25.7 Å². The zero-order valence-corrected chi connectivity index (χ0v) is 66.6. The molecule has 0 fully saturated rings. The van der Waals surface area contributed by atoms with Gasteiger partial charge < -0.3 is 33.8 Å². The van der Waals surface area contributed by atoms with Gasteiger partial charge in [0.25, 0.3) is 0 Å². The van der Waals surface area contributed by atoms with Crippen LogP contribution >= 0.6 is 15.6 Å². The van der Waals surface area contributed by atoms with Gasteiger partial charge in [-0.3, -0.25) is 37.3 Å². The molecule has 0 aliphatic carbocycles. The molecule has 0 bridgehead atoms. The monoisotopic (exact) mass is 1450 g/mol. The smallest absolute Gasteiger partial charge is 0.462 e. The van der Waals surface area contributed by atoms with Gasteiger partial charge in [-0.15, -0.1) is 0 Å². The fraction of sp³-hybridized carbons (Fsp3) is 0.950. The van der Waals surface area contributed by atoms with Gasteiger partial charge in [0.05, 0.1) is 26.4 Å². The van der Waals surface area contributed by atoms with Crippen molar-refractivity contribution in [2.45, 2.75) is 439 Å². The Balaban J connectivity index is 5.25. The SMILES string of the molecule is CCCCCCCCCCCCCCCCCCCC(=O)OC[C@H](COP(=O)(O)OC[C@@H](O)COP(=O)(O)OC[C@@H](COC(=O)CCCCCCCCCCC(C)C)OC(=O)CCCCCCCCCCCCCCCC)OC(=O)CCCCCCCCCCCCCCCCC(C)C. The van der Waals surface area contributed by atoms with E-state index in [0.29, 0.717) is 25.7 Å². The second-order valence-corrected chi connectivity index (χ2v) is 32.7. The number of phosphoric acid groups is 2. The summed E-state index contributed by atoms with van der Waals surface area (Å²) in [5.74, 6) is -0.587. The fourth-order valence-corrected chi connectivity index (χ4v) is 13.9. The summed E-state index contributed by atoms with van der Waals surface area (Å²) in [5, 5.41) is 10.6. The van der Waals surface area contributed by atoms with E-state index in [1.165, 1.54) is 238 Å². The molecule has 5 atom stereocenters. The molecular formula is C80H156O17P2. The van der Waals surface area contributed by atoms with E-state index in [0.717, 1.165) is 102 Å². The van der Waals surface area contributed by atoms with Gasteiger partial charge in [0.2, 0.25) is 0 Å². The minimum absolute atomic E-state index is 0.108. The van der Waals surface area contributed by atoms with Crippen LogP contribution in [0, 0.1) is 11.8 Å². The number of rotatable bonds is 79. The first kappa shape index (κ1) is 97.1. The predicted octanol–water partition coefficient (Wildman–Crippen LogP) is 23.9. The minimum Gasteiger partial charge on any atom is -0.462 e. The molecule has 0 aliphatic heterocycles. The van der Waals surface area contributed by atoms with E-state index in [9.17, 15) is 43.2 Å². The number of unbranched alkanes of at least 4 members (excludes halogenated alkanes) is 49. The van der Waals surface area contributed by atoms with E-state index in [1.807, 2.05) is 0 Å². The Morgan fingerprint density at radius 2 is 0.465 bits per heavy atom. The molecule has 0 rings (SSSR count). The maximum Gasteiger partial charge on any atom is 0.472 e. The highest BCUT2D eigenvalue weighted by Crippen LogP contribution is 2.45. The van der Waals surface area contributed by atoms with Crippen LogP contribution in [0.2, 0.25) is 0 Å². The van der Waals surface area contributed by atoms with Gasteiger partial charge in [-0.2, -0.15) is 0 Å². The van der Waals surface area contributed by atoms with Crippen molar-refractivity contribution < 1.29 is 80.2 Å². The van der Waals surface area contributed by atoms with Gasteiger partial charge in [-0.05, 0) is 37.5 Å². The number of ether oxygens (including phenoxy) is 4. The van der Waals surface area contributed by atoms with Crippen LogP contribution in [0.4, 0.5) is 0 Å². The first-order valence-corrected chi connectivity index (χ1v) is 44.5. The Kier molecular flexibility index (Phi) is 70.3. The highest BCUT2D eigenvalue weighted by Gasteiger charge is 2.30. The van der Waals surface area contributed by atoms with Gasteiger partial charge in [-0.1, -0.05) is 369 Å². The second kappa shape index (κ2) is 71.7. The van der Waals surface area contributed by atoms with Gasteiger partial charge in [0.15, 0.2) is 12.2 Å². The molecule has 0 radical (unpaired) electrons. The zero-order valence-electron chi connectivity index (χ0n) is 64.8. The van der Waals surface area contributed by atoms with E-state index in [4.69, 9.17) is 37.0 Å². The molecule has 0 amide bonds. The maximum absolute atomic E-state index is 13.1. The predicted molar refractivity (Wildman–Crippen MR) is 405 cm³/mol. The molecule has 0 aromatic rings.